The van der Waals surface area contributed by atoms with E-state index in [1.165, 1.54) is 0 Å². The molecule has 26 heavy (non-hydrogen) atoms. The first kappa shape index (κ1) is 18.8. The number of pyridine rings is 1. The molecule has 1 aliphatic rings. The summed E-state index contributed by atoms with van der Waals surface area (Å²) in [5.74, 6) is 0. The van der Waals surface area contributed by atoms with Crippen molar-refractivity contribution in [3.05, 3.63) is 59.8 Å². The average Bonchev–Trinajstić information content (AvgIpc) is 3.10. The number of hydrogen-bond acceptors (Lipinski definition) is 4. The highest BCUT2D eigenvalue weighted by Crippen LogP contribution is 2.34. The summed E-state index contributed by atoms with van der Waals surface area (Å²) < 4.78 is 5.65. The highest BCUT2D eigenvalue weighted by molar-refractivity contribution is 8.00. The minimum absolute atomic E-state index is 0.0551. The normalized spacial score (nSPS) is 17.3. The summed E-state index contributed by atoms with van der Waals surface area (Å²) in [6.45, 7) is 7.57. The fraction of sp³-hybridized carbons (Fsp3) is 0.429. The summed E-state index contributed by atoms with van der Waals surface area (Å²) in [5.41, 5.74) is 2.08. The molecule has 4 nitrogen and oxygen atoms in total. The van der Waals surface area contributed by atoms with E-state index in [0.29, 0.717) is 6.61 Å². The molecule has 5 heteroatoms. The van der Waals surface area contributed by atoms with Gasteiger partial charge in [-0.1, -0.05) is 57.2 Å². The molecule has 1 atom stereocenters. The summed E-state index contributed by atoms with van der Waals surface area (Å²) in [5, 5.41) is 1.01. The third-order valence-electron chi connectivity index (χ3n) is 4.25. The number of carbonyl (C=O) groups excluding carboxylic acids is 1. The van der Waals surface area contributed by atoms with Gasteiger partial charge in [0.25, 0.3) is 0 Å². The Labute approximate surface area is 160 Å². The second-order valence-corrected chi connectivity index (χ2v) is 9.38. The highest BCUT2D eigenvalue weighted by Gasteiger charge is 2.31. The van der Waals surface area contributed by atoms with Gasteiger partial charge in [-0.2, -0.15) is 0 Å². The Morgan fingerprint density at radius 1 is 1.23 bits per heavy atom. The van der Waals surface area contributed by atoms with Crippen LogP contribution < -0.4 is 0 Å². The molecular weight excluding hydrogens is 344 g/mol. The van der Waals surface area contributed by atoms with Crippen LogP contribution in [0.5, 0.6) is 0 Å². The van der Waals surface area contributed by atoms with Gasteiger partial charge in [-0.05, 0) is 30.0 Å². The Morgan fingerprint density at radius 3 is 2.65 bits per heavy atom. The number of benzene rings is 1. The van der Waals surface area contributed by atoms with E-state index < -0.39 is 0 Å². The minimum atomic E-state index is -0.246. The predicted octanol–water partition coefficient (Wildman–Crippen LogP) is 5.45. The molecule has 1 aromatic carbocycles. The van der Waals surface area contributed by atoms with Gasteiger partial charge in [0, 0.05) is 17.5 Å². The lowest BCUT2D eigenvalue weighted by Gasteiger charge is -2.24. The first-order chi connectivity index (χ1) is 12.4. The molecule has 1 amide bonds. The van der Waals surface area contributed by atoms with Gasteiger partial charge in [-0.25, -0.2) is 9.78 Å². The summed E-state index contributed by atoms with van der Waals surface area (Å²) >= 11 is 1.75. The number of carbonyl (C=O) groups is 1. The van der Waals surface area contributed by atoms with Gasteiger partial charge in [-0.3, -0.25) is 0 Å². The standard InChI is InChI=1S/C21H26N2O2S/c1-21(2,3)26-19-12-11-17(14-22-19)18-10-7-13-23(18)20(24)25-15-16-8-5-4-6-9-16/h4-6,8-9,11-12,14,18H,7,10,13,15H2,1-3H3/t18-/m0/s1. The minimum Gasteiger partial charge on any atom is -0.445 e. The average molecular weight is 371 g/mol. The number of likely N-dealkylation sites (tertiary alicyclic amines) is 1. The van der Waals surface area contributed by atoms with Gasteiger partial charge < -0.3 is 9.64 Å². The number of amides is 1. The van der Waals surface area contributed by atoms with Crippen molar-refractivity contribution in [1.82, 2.24) is 9.88 Å². The van der Waals surface area contributed by atoms with Crippen LogP contribution in [0.4, 0.5) is 4.79 Å². The molecule has 1 aromatic heterocycles. The third-order valence-corrected chi connectivity index (χ3v) is 5.31. The maximum Gasteiger partial charge on any atom is 0.410 e. The van der Waals surface area contributed by atoms with Crippen LogP contribution in [0.15, 0.2) is 53.7 Å². The van der Waals surface area contributed by atoms with Gasteiger partial charge in [0.1, 0.15) is 6.61 Å². The molecule has 2 heterocycles. The molecule has 0 radical (unpaired) electrons. The van der Waals surface area contributed by atoms with Crippen molar-refractivity contribution >= 4 is 17.9 Å². The molecule has 0 bridgehead atoms. The summed E-state index contributed by atoms with van der Waals surface area (Å²) in [6.07, 6.45) is 3.60. The Morgan fingerprint density at radius 2 is 2.00 bits per heavy atom. The molecule has 2 aromatic rings. The molecule has 0 aliphatic carbocycles. The first-order valence-corrected chi connectivity index (χ1v) is 9.86. The number of hydrogen-bond donors (Lipinski definition) is 0. The van der Waals surface area contributed by atoms with Crippen LogP contribution in [0, 0.1) is 0 Å². The summed E-state index contributed by atoms with van der Waals surface area (Å²) in [7, 11) is 0. The maximum absolute atomic E-state index is 12.5. The van der Waals surface area contributed by atoms with Gasteiger partial charge in [0.05, 0.1) is 11.1 Å². The molecule has 3 rings (SSSR count). The van der Waals surface area contributed by atoms with Crippen LogP contribution in [0.25, 0.3) is 0 Å². The van der Waals surface area contributed by atoms with Crippen molar-refractivity contribution in [3.8, 4) is 0 Å². The van der Waals surface area contributed by atoms with Crippen molar-refractivity contribution < 1.29 is 9.53 Å². The lowest BCUT2D eigenvalue weighted by molar-refractivity contribution is 0.0920. The summed E-state index contributed by atoms with van der Waals surface area (Å²) in [4.78, 5) is 18.9. The molecule has 138 valence electrons. The second kappa shape index (κ2) is 8.12. The number of aromatic nitrogens is 1. The zero-order valence-electron chi connectivity index (χ0n) is 15.6. The fourth-order valence-corrected chi connectivity index (χ4v) is 3.97. The monoisotopic (exact) mass is 370 g/mol. The van der Waals surface area contributed by atoms with Crippen molar-refractivity contribution in [1.29, 1.82) is 0 Å². The van der Waals surface area contributed by atoms with Crippen molar-refractivity contribution in [2.45, 2.75) is 56.0 Å². The molecule has 1 aliphatic heterocycles. The quantitative estimate of drug-likeness (QED) is 0.672. The van der Waals surface area contributed by atoms with Gasteiger partial charge in [0.15, 0.2) is 0 Å². The summed E-state index contributed by atoms with van der Waals surface area (Å²) in [6, 6.07) is 14.0. The zero-order valence-corrected chi connectivity index (χ0v) is 16.5. The number of nitrogens with zero attached hydrogens (tertiary/aromatic N) is 2. The lowest BCUT2D eigenvalue weighted by Crippen LogP contribution is -2.31. The zero-order chi connectivity index (χ0) is 18.6. The number of ether oxygens (including phenoxy) is 1. The highest BCUT2D eigenvalue weighted by atomic mass is 32.2. The Bertz CT molecular complexity index is 726. The lowest BCUT2D eigenvalue weighted by atomic mass is 10.1. The number of thioether (sulfide) groups is 1. The van der Waals surface area contributed by atoms with Gasteiger partial charge in [0.2, 0.25) is 0 Å². The molecule has 1 saturated heterocycles. The van der Waals surface area contributed by atoms with E-state index in [1.54, 1.807) is 11.8 Å². The molecular formula is C21H26N2O2S. The van der Waals surface area contributed by atoms with Crippen LogP contribution in [0.2, 0.25) is 0 Å². The predicted molar refractivity (Wildman–Crippen MR) is 105 cm³/mol. The molecule has 0 unspecified atom stereocenters. The van der Waals surface area contributed by atoms with E-state index in [0.717, 1.165) is 35.5 Å². The van der Waals surface area contributed by atoms with E-state index in [-0.39, 0.29) is 16.9 Å². The van der Waals surface area contributed by atoms with E-state index in [4.69, 9.17) is 4.74 Å². The first-order valence-electron chi connectivity index (χ1n) is 9.05. The van der Waals surface area contributed by atoms with Crippen LogP contribution in [-0.4, -0.2) is 27.3 Å². The molecule has 0 N–H and O–H groups in total. The Kier molecular flexibility index (Phi) is 5.87. The SMILES string of the molecule is CC(C)(C)Sc1ccc([C@@H]2CCCN2C(=O)OCc2ccccc2)cn1. The van der Waals surface area contributed by atoms with E-state index >= 15 is 0 Å². The molecule has 1 fully saturated rings. The maximum atomic E-state index is 12.5. The Balaban J connectivity index is 1.63. The second-order valence-electron chi connectivity index (χ2n) is 7.54. The van der Waals surface area contributed by atoms with E-state index in [1.807, 2.05) is 41.4 Å². The largest absolute Gasteiger partial charge is 0.445 e. The van der Waals surface area contributed by atoms with E-state index in [2.05, 4.69) is 37.9 Å². The topological polar surface area (TPSA) is 42.4 Å². The van der Waals surface area contributed by atoms with Crippen LogP contribution in [0.3, 0.4) is 0 Å². The van der Waals surface area contributed by atoms with Gasteiger partial charge >= 0.3 is 6.09 Å². The van der Waals surface area contributed by atoms with Crippen LogP contribution in [0.1, 0.15) is 50.8 Å². The third kappa shape index (κ3) is 5.01. The molecule has 0 spiro atoms. The van der Waals surface area contributed by atoms with Crippen molar-refractivity contribution in [3.63, 3.8) is 0 Å². The van der Waals surface area contributed by atoms with Crippen LogP contribution in [-0.2, 0) is 11.3 Å². The van der Waals surface area contributed by atoms with Crippen molar-refractivity contribution in [2.24, 2.45) is 0 Å². The smallest absolute Gasteiger partial charge is 0.410 e. The van der Waals surface area contributed by atoms with Gasteiger partial charge in [-0.15, -0.1) is 11.8 Å². The number of rotatable bonds is 4. The Hall–Kier alpha value is -2.01. The molecule has 0 saturated carbocycles. The van der Waals surface area contributed by atoms with Crippen molar-refractivity contribution in [2.75, 3.05) is 6.54 Å². The fourth-order valence-electron chi connectivity index (χ4n) is 3.10. The van der Waals surface area contributed by atoms with Crippen LogP contribution >= 0.6 is 11.8 Å². The van der Waals surface area contributed by atoms with E-state index in [9.17, 15) is 4.79 Å².